The van der Waals surface area contributed by atoms with Crippen LogP contribution in [0, 0.1) is 10.1 Å². The van der Waals surface area contributed by atoms with Gasteiger partial charge in [0.1, 0.15) is 11.5 Å². The van der Waals surface area contributed by atoms with Gasteiger partial charge in [0.2, 0.25) is 0 Å². The number of fused-ring (bicyclic) bond motifs is 3. The average Bonchev–Trinajstić information content (AvgIpc) is 2.68. The van der Waals surface area contributed by atoms with Crippen molar-refractivity contribution in [3.63, 3.8) is 0 Å². The van der Waals surface area contributed by atoms with Gasteiger partial charge in [0.15, 0.2) is 5.75 Å². The molecule has 1 aliphatic rings. The van der Waals surface area contributed by atoms with Gasteiger partial charge in [-0.1, -0.05) is 39.7 Å². The first-order valence-corrected chi connectivity index (χ1v) is 9.34. The van der Waals surface area contributed by atoms with Gasteiger partial charge in [0.05, 0.1) is 15.9 Å². The Bertz CT molecular complexity index is 1220. The molecule has 1 atom stereocenters. The minimum atomic E-state index is -1.08. The summed E-state index contributed by atoms with van der Waals surface area (Å²) in [4.78, 5) is 24.2. The summed E-state index contributed by atoms with van der Waals surface area (Å²) in [5, 5.41) is 15.5. The fourth-order valence-corrected chi connectivity index (χ4v) is 3.93. The molecule has 142 valence electrons. The fourth-order valence-electron chi connectivity index (χ4n) is 3.32. The van der Waals surface area contributed by atoms with Gasteiger partial charge in [-0.25, -0.2) is 4.79 Å². The molecule has 7 nitrogen and oxygen atoms in total. The van der Waals surface area contributed by atoms with Crippen LogP contribution in [0.2, 0.25) is 5.02 Å². The van der Waals surface area contributed by atoms with E-state index < -0.39 is 16.5 Å². The van der Waals surface area contributed by atoms with Crippen LogP contribution in [0.3, 0.4) is 0 Å². The maximum atomic E-state index is 12.9. The molecule has 1 aromatic heterocycles. The Morgan fingerprint density at radius 2 is 2.00 bits per heavy atom. The van der Waals surface area contributed by atoms with E-state index in [-0.39, 0.29) is 27.9 Å². The van der Waals surface area contributed by atoms with E-state index in [9.17, 15) is 14.9 Å². The van der Waals surface area contributed by atoms with Crippen molar-refractivity contribution < 1.29 is 14.1 Å². The molecule has 2 aromatic carbocycles. The summed E-state index contributed by atoms with van der Waals surface area (Å²) in [7, 11) is 1.51. The molecule has 3 aromatic rings. The second kappa shape index (κ2) is 6.96. The lowest BCUT2D eigenvalue weighted by molar-refractivity contribution is -0.432. The molecule has 1 unspecified atom stereocenters. The van der Waals surface area contributed by atoms with E-state index in [4.69, 9.17) is 20.8 Å². The molecule has 2 heterocycles. The van der Waals surface area contributed by atoms with Crippen LogP contribution in [0.1, 0.15) is 17.0 Å². The highest BCUT2D eigenvalue weighted by Gasteiger charge is 2.43. The van der Waals surface area contributed by atoms with Crippen molar-refractivity contribution in [3.05, 3.63) is 95.2 Å². The van der Waals surface area contributed by atoms with Gasteiger partial charge < -0.3 is 14.5 Å². The van der Waals surface area contributed by atoms with Gasteiger partial charge in [-0.2, -0.15) is 0 Å². The molecule has 28 heavy (non-hydrogen) atoms. The van der Waals surface area contributed by atoms with Gasteiger partial charge in [-0.15, -0.1) is 0 Å². The zero-order chi connectivity index (χ0) is 20.0. The third kappa shape index (κ3) is 2.85. The third-order valence-electron chi connectivity index (χ3n) is 4.49. The smallest absolute Gasteiger partial charge is 0.344 e. The van der Waals surface area contributed by atoms with Crippen LogP contribution in [-0.4, -0.2) is 12.0 Å². The van der Waals surface area contributed by atoms with E-state index in [0.29, 0.717) is 21.0 Å². The van der Waals surface area contributed by atoms with Crippen LogP contribution >= 0.6 is 27.5 Å². The number of halogens is 2. The number of benzene rings is 2. The molecule has 0 saturated heterocycles. The van der Waals surface area contributed by atoms with Crippen LogP contribution in [0.25, 0.3) is 11.0 Å². The molecule has 4 rings (SSSR count). The number of nitro groups is 1. The predicted molar refractivity (Wildman–Crippen MR) is 107 cm³/mol. The van der Waals surface area contributed by atoms with Gasteiger partial charge in [-0.05, 0) is 35.9 Å². The predicted octanol–water partition coefficient (Wildman–Crippen LogP) is 4.40. The van der Waals surface area contributed by atoms with E-state index in [1.54, 1.807) is 42.5 Å². The number of nitrogens with zero attached hydrogens (tertiary/aromatic N) is 1. The lowest BCUT2D eigenvalue weighted by Crippen LogP contribution is -2.31. The molecule has 9 heteroatoms. The van der Waals surface area contributed by atoms with Gasteiger partial charge >= 0.3 is 11.3 Å². The number of para-hydroxylation sites is 1. The lowest BCUT2D eigenvalue weighted by atomic mass is 9.86. The van der Waals surface area contributed by atoms with Crippen molar-refractivity contribution in [2.75, 3.05) is 7.05 Å². The van der Waals surface area contributed by atoms with Crippen molar-refractivity contribution in [2.24, 2.45) is 0 Å². The number of ether oxygens (including phenoxy) is 1. The van der Waals surface area contributed by atoms with Crippen molar-refractivity contribution in [2.45, 2.75) is 5.92 Å². The summed E-state index contributed by atoms with van der Waals surface area (Å²) >= 11 is 9.72. The quantitative estimate of drug-likeness (QED) is 0.351. The molecule has 0 amide bonds. The van der Waals surface area contributed by atoms with E-state index in [2.05, 4.69) is 21.2 Å². The molecule has 0 fully saturated rings. The van der Waals surface area contributed by atoms with E-state index >= 15 is 0 Å². The maximum Gasteiger partial charge on any atom is 0.344 e. The first-order chi connectivity index (χ1) is 13.4. The zero-order valence-electron chi connectivity index (χ0n) is 14.4. The Morgan fingerprint density at radius 3 is 2.71 bits per heavy atom. The molecule has 0 saturated carbocycles. The van der Waals surface area contributed by atoms with Crippen molar-refractivity contribution in [3.8, 4) is 5.75 Å². The molecule has 1 aliphatic heterocycles. The molecule has 0 aliphatic carbocycles. The highest BCUT2D eigenvalue weighted by Crippen LogP contribution is 2.46. The number of rotatable bonds is 3. The lowest BCUT2D eigenvalue weighted by Gasteiger charge is -2.26. The maximum absolute atomic E-state index is 12.9. The zero-order valence-corrected chi connectivity index (χ0v) is 16.7. The van der Waals surface area contributed by atoms with Crippen molar-refractivity contribution in [1.29, 1.82) is 0 Å². The highest BCUT2D eigenvalue weighted by molar-refractivity contribution is 9.10. The molecule has 1 N–H and O–H groups in total. The second-order valence-electron chi connectivity index (χ2n) is 6.05. The van der Waals surface area contributed by atoms with Gasteiger partial charge in [-0.3, -0.25) is 10.1 Å². The van der Waals surface area contributed by atoms with Crippen LogP contribution < -0.4 is 15.7 Å². The van der Waals surface area contributed by atoms with Gasteiger partial charge in [0, 0.05) is 16.5 Å². The average molecular weight is 464 g/mol. The molecule has 0 radical (unpaired) electrons. The second-order valence-corrected chi connectivity index (χ2v) is 7.37. The van der Waals surface area contributed by atoms with E-state index in [0.717, 1.165) is 0 Å². The minimum absolute atomic E-state index is 0.0319. The molecular weight excluding hydrogens is 452 g/mol. The van der Waals surface area contributed by atoms with Crippen LogP contribution in [-0.2, 0) is 0 Å². The molecule has 0 bridgehead atoms. The highest BCUT2D eigenvalue weighted by atomic mass is 79.9. The monoisotopic (exact) mass is 462 g/mol. The third-order valence-corrected chi connectivity index (χ3v) is 5.33. The van der Waals surface area contributed by atoms with E-state index in [1.165, 1.54) is 7.05 Å². The Kier molecular flexibility index (Phi) is 4.60. The Morgan fingerprint density at radius 1 is 1.25 bits per heavy atom. The van der Waals surface area contributed by atoms with Crippen molar-refractivity contribution in [1.82, 2.24) is 5.32 Å². The first kappa shape index (κ1) is 18.5. The standard InChI is InChI=1S/C19H12BrClN2O5/c1-22-18-16(23(25)26)14(11-8-9(20)6-7-12(11)21)15-17(28-18)10-4-2-3-5-13(10)27-19(15)24/h2-8,14,22H,1H3. The molecular formula is C19H12BrClN2O5. The SMILES string of the molecule is CNC1=C([N+](=O)[O-])C(c2cc(Br)ccc2Cl)c2c(c3ccccc3oc2=O)O1. The fraction of sp³-hybridized carbons (Fsp3) is 0.105. The van der Waals surface area contributed by atoms with Crippen LogP contribution in [0.15, 0.2) is 67.7 Å². The Labute approximate surface area is 171 Å². The summed E-state index contributed by atoms with van der Waals surface area (Å²) in [5.41, 5.74) is -0.292. The molecule has 0 spiro atoms. The summed E-state index contributed by atoms with van der Waals surface area (Å²) in [6, 6.07) is 11.8. The van der Waals surface area contributed by atoms with Gasteiger partial charge in [0.25, 0.3) is 5.88 Å². The number of nitrogens with one attached hydrogen (secondary N) is 1. The Hall–Kier alpha value is -2.84. The summed E-state index contributed by atoms with van der Waals surface area (Å²) in [5.74, 6) is -0.927. The first-order valence-electron chi connectivity index (χ1n) is 8.17. The normalized spacial score (nSPS) is 15.9. The van der Waals surface area contributed by atoms with Crippen molar-refractivity contribution >= 4 is 38.5 Å². The number of allylic oxidation sites excluding steroid dienone is 1. The summed E-state index contributed by atoms with van der Waals surface area (Å²) in [6.45, 7) is 0. The summed E-state index contributed by atoms with van der Waals surface area (Å²) in [6.07, 6.45) is 0. The Balaban J connectivity index is 2.14. The minimum Gasteiger partial charge on any atom is -0.434 e. The number of hydrogen-bond donors (Lipinski definition) is 1. The topological polar surface area (TPSA) is 94.6 Å². The van der Waals surface area contributed by atoms with Crippen LogP contribution in [0.4, 0.5) is 0 Å². The van der Waals surface area contributed by atoms with E-state index in [1.807, 2.05) is 0 Å². The summed E-state index contributed by atoms with van der Waals surface area (Å²) < 4.78 is 11.9. The largest absolute Gasteiger partial charge is 0.434 e. The van der Waals surface area contributed by atoms with Crippen LogP contribution in [0.5, 0.6) is 5.75 Å². The number of hydrogen-bond acceptors (Lipinski definition) is 6.